The number of amides is 1. The Hall–Kier alpha value is -1.84. The molecule has 17 heavy (non-hydrogen) atoms. The molecule has 90 valence electrons. The Bertz CT molecular complexity index is 468. The van der Waals surface area contributed by atoms with Gasteiger partial charge in [0.2, 0.25) is 5.91 Å². The number of carbonyl (C=O) groups is 2. The molecule has 0 aliphatic carbocycles. The second kappa shape index (κ2) is 4.57. The molecular formula is C13H15NO3. The lowest BCUT2D eigenvalue weighted by atomic mass is 10.1. The van der Waals surface area contributed by atoms with Crippen LogP contribution in [-0.4, -0.2) is 24.8 Å². The third-order valence-electron chi connectivity index (χ3n) is 2.83. The van der Waals surface area contributed by atoms with Crippen LogP contribution in [0.2, 0.25) is 0 Å². The lowest BCUT2D eigenvalue weighted by Crippen LogP contribution is -2.37. The lowest BCUT2D eigenvalue weighted by Gasteiger charge is -2.29. The third-order valence-corrected chi connectivity index (χ3v) is 2.83. The lowest BCUT2D eigenvalue weighted by molar-refractivity contribution is -0.118. The van der Waals surface area contributed by atoms with Gasteiger partial charge in [0, 0.05) is 12.0 Å². The molecule has 1 heterocycles. The van der Waals surface area contributed by atoms with Gasteiger partial charge in [0.1, 0.15) is 12.4 Å². The molecule has 0 atom stereocenters. The summed E-state index contributed by atoms with van der Waals surface area (Å²) < 4.78 is 5.48. The van der Waals surface area contributed by atoms with E-state index in [0.717, 1.165) is 0 Å². The summed E-state index contributed by atoms with van der Waals surface area (Å²) in [6, 6.07) is 5.20. The Labute approximate surface area is 100 Å². The Morgan fingerprint density at radius 2 is 2.18 bits per heavy atom. The summed E-state index contributed by atoms with van der Waals surface area (Å²) >= 11 is 0. The molecule has 0 saturated carbocycles. The van der Waals surface area contributed by atoms with Crippen molar-refractivity contribution in [3.8, 4) is 5.75 Å². The molecule has 1 aliphatic rings. The minimum absolute atomic E-state index is 0.0118. The summed E-state index contributed by atoms with van der Waals surface area (Å²) in [6.45, 7) is 4.38. The van der Waals surface area contributed by atoms with Gasteiger partial charge in [-0.3, -0.25) is 9.59 Å². The smallest absolute Gasteiger partial charge is 0.226 e. The fourth-order valence-corrected chi connectivity index (χ4v) is 1.89. The molecule has 0 spiro atoms. The van der Waals surface area contributed by atoms with Gasteiger partial charge < -0.3 is 9.64 Å². The number of benzene rings is 1. The predicted octanol–water partition coefficient (Wildman–Crippen LogP) is 2.02. The summed E-state index contributed by atoms with van der Waals surface area (Å²) in [5.41, 5.74) is 1.30. The summed E-state index contributed by atoms with van der Waals surface area (Å²) in [5.74, 6) is 0.709. The molecule has 1 aliphatic heterocycles. The Morgan fingerprint density at radius 1 is 1.41 bits per heavy atom. The molecule has 0 N–H and O–H groups in total. The number of hydrogen-bond acceptors (Lipinski definition) is 3. The van der Waals surface area contributed by atoms with E-state index < -0.39 is 0 Å². The zero-order valence-electron chi connectivity index (χ0n) is 10.0. The molecule has 0 aromatic heterocycles. The van der Waals surface area contributed by atoms with Crippen LogP contribution in [0.4, 0.5) is 5.69 Å². The molecule has 0 bridgehead atoms. The first-order valence-corrected chi connectivity index (χ1v) is 5.71. The van der Waals surface area contributed by atoms with E-state index in [1.165, 1.54) is 6.92 Å². The van der Waals surface area contributed by atoms with E-state index in [0.29, 0.717) is 36.6 Å². The van der Waals surface area contributed by atoms with Gasteiger partial charge in [0.25, 0.3) is 0 Å². The van der Waals surface area contributed by atoms with Crippen LogP contribution in [0.25, 0.3) is 0 Å². The average Bonchev–Trinajstić information content (AvgIpc) is 2.36. The minimum atomic E-state index is -0.0118. The van der Waals surface area contributed by atoms with Crippen molar-refractivity contribution in [2.24, 2.45) is 0 Å². The van der Waals surface area contributed by atoms with Crippen LogP contribution in [0.1, 0.15) is 30.6 Å². The fourth-order valence-electron chi connectivity index (χ4n) is 1.89. The zero-order chi connectivity index (χ0) is 12.4. The van der Waals surface area contributed by atoms with Gasteiger partial charge in [-0.1, -0.05) is 6.92 Å². The Morgan fingerprint density at radius 3 is 2.82 bits per heavy atom. The molecule has 4 nitrogen and oxygen atoms in total. The van der Waals surface area contributed by atoms with E-state index in [4.69, 9.17) is 4.74 Å². The maximum absolute atomic E-state index is 11.8. The van der Waals surface area contributed by atoms with Crippen molar-refractivity contribution in [2.75, 3.05) is 18.1 Å². The number of hydrogen-bond donors (Lipinski definition) is 0. The number of rotatable bonds is 2. The van der Waals surface area contributed by atoms with Crippen molar-refractivity contribution in [1.82, 2.24) is 0 Å². The molecular weight excluding hydrogens is 218 g/mol. The van der Waals surface area contributed by atoms with Gasteiger partial charge >= 0.3 is 0 Å². The highest BCUT2D eigenvalue weighted by Gasteiger charge is 2.23. The third kappa shape index (κ3) is 2.16. The number of nitrogens with zero attached hydrogens (tertiary/aromatic N) is 1. The van der Waals surface area contributed by atoms with Crippen molar-refractivity contribution < 1.29 is 14.3 Å². The first-order valence-electron chi connectivity index (χ1n) is 5.71. The largest absolute Gasteiger partial charge is 0.490 e. The highest BCUT2D eigenvalue weighted by atomic mass is 16.5. The number of anilines is 1. The van der Waals surface area contributed by atoms with Crippen molar-refractivity contribution >= 4 is 17.4 Å². The molecule has 2 rings (SSSR count). The molecule has 0 fully saturated rings. The van der Waals surface area contributed by atoms with Crippen LogP contribution >= 0.6 is 0 Å². The summed E-state index contributed by atoms with van der Waals surface area (Å²) in [6.07, 6.45) is 0.448. The van der Waals surface area contributed by atoms with Crippen molar-refractivity contribution in [2.45, 2.75) is 20.3 Å². The molecule has 1 amide bonds. The van der Waals surface area contributed by atoms with E-state index in [1.54, 1.807) is 23.1 Å². The molecule has 0 radical (unpaired) electrons. The van der Waals surface area contributed by atoms with Gasteiger partial charge in [0.05, 0.1) is 12.2 Å². The van der Waals surface area contributed by atoms with E-state index in [9.17, 15) is 9.59 Å². The van der Waals surface area contributed by atoms with Crippen molar-refractivity contribution in [3.63, 3.8) is 0 Å². The highest BCUT2D eigenvalue weighted by Crippen LogP contribution is 2.32. The highest BCUT2D eigenvalue weighted by molar-refractivity contribution is 5.99. The van der Waals surface area contributed by atoms with Gasteiger partial charge in [-0.2, -0.15) is 0 Å². The Kier molecular flexibility index (Phi) is 3.13. The van der Waals surface area contributed by atoms with E-state index in [-0.39, 0.29) is 11.7 Å². The average molecular weight is 233 g/mol. The van der Waals surface area contributed by atoms with Crippen molar-refractivity contribution in [1.29, 1.82) is 0 Å². The number of ketones is 1. The molecule has 0 unspecified atom stereocenters. The second-order valence-corrected chi connectivity index (χ2v) is 3.99. The quantitative estimate of drug-likeness (QED) is 0.734. The summed E-state index contributed by atoms with van der Waals surface area (Å²) in [5, 5.41) is 0. The fraction of sp³-hybridized carbons (Fsp3) is 0.385. The monoisotopic (exact) mass is 233 g/mol. The van der Waals surface area contributed by atoms with Crippen LogP contribution in [0.3, 0.4) is 0 Å². The first kappa shape index (κ1) is 11.6. The number of ether oxygens (including phenoxy) is 1. The maximum Gasteiger partial charge on any atom is 0.226 e. The SMILES string of the molecule is CCC(=O)N1CCOc2ccc(C(C)=O)cc21. The van der Waals surface area contributed by atoms with Gasteiger partial charge in [-0.25, -0.2) is 0 Å². The van der Waals surface area contributed by atoms with Crippen LogP contribution in [0.15, 0.2) is 18.2 Å². The molecule has 0 saturated heterocycles. The minimum Gasteiger partial charge on any atom is -0.490 e. The normalized spacial score (nSPS) is 13.9. The zero-order valence-corrected chi connectivity index (χ0v) is 10.0. The Balaban J connectivity index is 2.44. The van der Waals surface area contributed by atoms with Crippen LogP contribution < -0.4 is 9.64 Å². The van der Waals surface area contributed by atoms with Crippen LogP contribution in [0, 0.1) is 0 Å². The molecule has 1 aromatic rings. The maximum atomic E-state index is 11.8. The predicted molar refractivity (Wildman–Crippen MR) is 64.6 cm³/mol. The molecule has 4 heteroatoms. The van der Waals surface area contributed by atoms with Gasteiger partial charge in [0.15, 0.2) is 5.78 Å². The number of fused-ring (bicyclic) bond motifs is 1. The van der Waals surface area contributed by atoms with Gasteiger partial charge in [-0.05, 0) is 25.1 Å². The number of carbonyl (C=O) groups excluding carboxylic acids is 2. The standard InChI is InChI=1S/C13H15NO3/c1-3-13(16)14-6-7-17-12-5-4-10(9(2)15)8-11(12)14/h4-5,8H,3,6-7H2,1-2H3. The van der Waals surface area contributed by atoms with Crippen LogP contribution in [-0.2, 0) is 4.79 Å². The van der Waals surface area contributed by atoms with E-state index in [2.05, 4.69) is 0 Å². The van der Waals surface area contributed by atoms with E-state index in [1.807, 2.05) is 6.92 Å². The molecule has 1 aromatic carbocycles. The second-order valence-electron chi connectivity index (χ2n) is 3.99. The van der Waals surface area contributed by atoms with Crippen molar-refractivity contribution in [3.05, 3.63) is 23.8 Å². The topological polar surface area (TPSA) is 46.6 Å². The first-order chi connectivity index (χ1) is 8.13. The summed E-state index contributed by atoms with van der Waals surface area (Å²) in [4.78, 5) is 24.8. The summed E-state index contributed by atoms with van der Waals surface area (Å²) in [7, 11) is 0. The number of Topliss-reactive ketones (excluding diaryl/α,β-unsaturated/α-hetero) is 1. The van der Waals surface area contributed by atoms with Gasteiger partial charge in [-0.15, -0.1) is 0 Å². The van der Waals surface area contributed by atoms with E-state index >= 15 is 0 Å². The van der Waals surface area contributed by atoms with Crippen LogP contribution in [0.5, 0.6) is 5.75 Å².